The molecular weight excluding hydrogens is 520 g/mol. The van der Waals surface area contributed by atoms with Crippen molar-refractivity contribution in [1.82, 2.24) is 10.3 Å². The van der Waals surface area contributed by atoms with Gasteiger partial charge in [0.05, 0.1) is 37.9 Å². The van der Waals surface area contributed by atoms with E-state index >= 15 is 0 Å². The molecular formula is C28H30N4O6S. The molecule has 0 aromatic heterocycles. The fourth-order valence-electron chi connectivity index (χ4n) is 3.86. The number of nitrogens with zero attached hydrogens (tertiary/aromatic N) is 3. The van der Waals surface area contributed by atoms with Crippen molar-refractivity contribution in [3.63, 3.8) is 0 Å². The van der Waals surface area contributed by atoms with Crippen LogP contribution in [-0.2, 0) is 26.1 Å². The fourth-order valence-corrected chi connectivity index (χ4v) is 4.75. The molecule has 0 bridgehead atoms. The smallest absolute Gasteiger partial charge is 0.271 e. The van der Waals surface area contributed by atoms with E-state index in [0.717, 1.165) is 17.4 Å². The SMILES string of the molecule is CS(=O)(=O)N(Cc1ccccc1)c1ccc(C(=O)N/N=C\c2ccc(OCC(=O)N3CCOCC3)cc2)cc1. The molecule has 4 rings (SSSR count). The van der Waals surface area contributed by atoms with E-state index in [1.165, 1.54) is 10.5 Å². The number of nitrogens with one attached hydrogen (secondary N) is 1. The number of amides is 2. The number of morpholine rings is 1. The molecule has 3 aromatic rings. The van der Waals surface area contributed by atoms with Gasteiger partial charge in [-0.1, -0.05) is 30.3 Å². The van der Waals surface area contributed by atoms with E-state index in [4.69, 9.17) is 9.47 Å². The minimum absolute atomic E-state index is 0.0452. The van der Waals surface area contributed by atoms with Crippen LogP contribution in [0.5, 0.6) is 5.75 Å². The lowest BCUT2D eigenvalue weighted by Crippen LogP contribution is -2.42. The van der Waals surface area contributed by atoms with Crippen LogP contribution in [0, 0.1) is 0 Å². The first-order valence-corrected chi connectivity index (χ1v) is 14.2. The average Bonchev–Trinajstić information content (AvgIpc) is 2.96. The molecule has 1 N–H and O–H groups in total. The molecule has 204 valence electrons. The second-order valence-electron chi connectivity index (χ2n) is 8.85. The Kier molecular flexibility index (Phi) is 9.29. The quantitative estimate of drug-likeness (QED) is 0.306. The van der Waals surface area contributed by atoms with Gasteiger partial charge in [-0.25, -0.2) is 13.8 Å². The second kappa shape index (κ2) is 13.0. The van der Waals surface area contributed by atoms with Gasteiger partial charge < -0.3 is 14.4 Å². The van der Waals surface area contributed by atoms with Gasteiger partial charge in [-0.15, -0.1) is 0 Å². The molecule has 10 nitrogen and oxygen atoms in total. The van der Waals surface area contributed by atoms with E-state index in [1.54, 1.807) is 53.4 Å². The lowest BCUT2D eigenvalue weighted by molar-refractivity contribution is -0.137. The Balaban J connectivity index is 1.29. The average molecular weight is 551 g/mol. The van der Waals surface area contributed by atoms with E-state index in [1.807, 2.05) is 30.3 Å². The molecule has 1 aliphatic heterocycles. The molecule has 1 saturated heterocycles. The topological polar surface area (TPSA) is 118 Å². The monoisotopic (exact) mass is 550 g/mol. The summed E-state index contributed by atoms with van der Waals surface area (Å²) < 4.78 is 36.9. The molecule has 11 heteroatoms. The van der Waals surface area contributed by atoms with Crippen molar-refractivity contribution < 1.29 is 27.5 Å². The van der Waals surface area contributed by atoms with Crippen molar-refractivity contribution in [1.29, 1.82) is 0 Å². The van der Waals surface area contributed by atoms with Crippen LogP contribution in [0.15, 0.2) is 84.0 Å². The zero-order valence-electron chi connectivity index (χ0n) is 21.5. The van der Waals surface area contributed by atoms with E-state index < -0.39 is 15.9 Å². The van der Waals surface area contributed by atoms with Gasteiger partial charge in [0.2, 0.25) is 10.0 Å². The highest BCUT2D eigenvalue weighted by Gasteiger charge is 2.19. The number of hydrogen-bond acceptors (Lipinski definition) is 7. The minimum Gasteiger partial charge on any atom is -0.484 e. The maximum atomic E-state index is 12.5. The molecule has 1 aliphatic rings. The maximum Gasteiger partial charge on any atom is 0.271 e. The number of sulfonamides is 1. The van der Waals surface area contributed by atoms with Crippen molar-refractivity contribution in [3.8, 4) is 5.75 Å². The van der Waals surface area contributed by atoms with Gasteiger partial charge >= 0.3 is 0 Å². The molecule has 0 unspecified atom stereocenters. The van der Waals surface area contributed by atoms with Gasteiger partial charge in [-0.05, 0) is 59.7 Å². The molecule has 0 aliphatic carbocycles. The summed E-state index contributed by atoms with van der Waals surface area (Å²) in [5, 5.41) is 3.99. The third kappa shape index (κ3) is 8.13. The summed E-state index contributed by atoms with van der Waals surface area (Å²) >= 11 is 0. The zero-order chi connectivity index (χ0) is 27.7. The van der Waals surface area contributed by atoms with Crippen molar-refractivity contribution in [2.75, 3.05) is 43.5 Å². The minimum atomic E-state index is -3.53. The molecule has 1 heterocycles. The Labute approximate surface area is 227 Å². The van der Waals surface area contributed by atoms with Crippen LogP contribution in [0.1, 0.15) is 21.5 Å². The number of carbonyl (C=O) groups is 2. The van der Waals surface area contributed by atoms with E-state index in [0.29, 0.717) is 43.3 Å². The molecule has 0 radical (unpaired) electrons. The lowest BCUT2D eigenvalue weighted by Gasteiger charge is -2.26. The maximum absolute atomic E-state index is 12.5. The number of hydrogen-bond donors (Lipinski definition) is 1. The zero-order valence-corrected chi connectivity index (χ0v) is 22.3. The Hall–Kier alpha value is -4.22. The lowest BCUT2D eigenvalue weighted by atomic mass is 10.2. The van der Waals surface area contributed by atoms with Gasteiger partial charge in [0.15, 0.2) is 6.61 Å². The summed E-state index contributed by atoms with van der Waals surface area (Å²) in [4.78, 5) is 26.4. The van der Waals surface area contributed by atoms with Crippen LogP contribution < -0.4 is 14.5 Å². The van der Waals surface area contributed by atoms with E-state index in [2.05, 4.69) is 10.5 Å². The number of hydrazone groups is 1. The Morgan fingerprint density at radius 1 is 1.00 bits per heavy atom. The Bertz CT molecular complexity index is 1390. The van der Waals surface area contributed by atoms with Crippen LogP contribution in [0.3, 0.4) is 0 Å². The number of carbonyl (C=O) groups excluding carboxylic acids is 2. The first-order chi connectivity index (χ1) is 18.8. The largest absolute Gasteiger partial charge is 0.484 e. The third-order valence-electron chi connectivity index (χ3n) is 5.97. The second-order valence-corrected chi connectivity index (χ2v) is 10.8. The first-order valence-electron chi connectivity index (χ1n) is 12.3. The summed E-state index contributed by atoms with van der Waals surface area (Å²) in [7, 11) is -3.53. The van der Waals surface area contributed by atoms with Gasteiger partial charge in [0, 0.05) is 18.7 Å². The van der Waals surface area contributed by atoms with Crippen LogP contribution in [-0.4, -0.2) is 70.5 Å². The van der Waals surface area contributed by atoms with Crippen LogP contribution in [0.25, 0.3) is 0 Å². The fraction of sp³-hybridized carbons (Fsp3) is 0.250. The molecule has 39 heavy (non-hydrogen) atoms. The summed E-state index contributed by atoms with van der Waals surface area (Å²) in [5.74, 6) is 0.0292. The van der Waals surface area contributed by atoms with Crippen molar-refractivity contribution >= 4 is 33.7 Å². The highest BCUT2D eigenvalue weighted by Crippen LogP contribution is 2.21. The first kappa shape index (κ1) is 27.8. The number of benzene rings is 3. The normalized spacial score (nSPS) is 13.7. The van der Waals surface area contributed by atoms with Crippen molar-refractivity contribution in [3.05, 3.63) is 95.6 Å². The van der Waals surface area contributed by atoms with Gasteiger partial charge in [0.25, 0.3) is 11.8 Å². The molecule has 2 amide bonds. The summed E-state index contributed by atoms with van der Waals surface area (Å²) in [6, 6.07) is 22.5. The summed E-state index contributed by atoms with van der Waals surface area (Å²) in [6.07, 6.45) is 2.63. The number of rotatable bonds is 10. The van der Waals surface area contributed by atoms with Gasteiger partial charge in [-0.2, -0.15) is 5.10 Å². The highest BCUT2D eigenvalue weighted by molar-refractivity contribution is 7.92. The summed E-state index contributed by atoms with van der Waals surface area (Å²) in [6.45, 7) is 2.36. The molecule has 0 saturated carbocycles. The Morgan fingerprint density at radius 2 is 1.67 bits per heavy atom. The van der Waals surface area contributed by atoms with Crippen LogP contribution in [0.4, 0.5) is 5.69 Å². The van der Waals surface area contributed by atoms with Crippen LogP contribution in [0.2, 0.25) is 0 Å². The standard InChI is InChI=1S/C28H30N4O6S/c1-39(35,36)32(20-23-5-3-2-4-6-23)25-11-9-24(10-12-25)28(34)30-29-19-22-7-13-26(14-8-22)38-21-27(33)31-15-17-37-18-16-31/h2-14,19H,15-18,20-21H2,1H3,(H,30,34)/b29-19-. The van der Waals surface area contributed by atoms with Gasteiger partial charge in [0.1, 0.15) is 5.75 Å². The van der Waals surface area contributed by atoms with E-state index in [-0.39, 0.29) is 19.1 Å². The predicted octanol–water partition coefficient (Wildman–Crippen LogP) is 2.65. The van der Waals surface area contributed by atoms with Crippen LogP contribution >= 0.6 is 0 Å². The molecule has 0 atom stereocenters. The highest BCUT2D eigenvalue weighted by atomic mass is 32.2. The van der Waals surface area contributed by atoms with Crippen molar-refractivity contribution in [2.24, 2.45) is 5.10 Å². The Morgan fingerprint density at radius 3 is 2.31 bits per heavy atom. The summed E-state index contributed by atoms with van der Waals surface area (Å²) in [5.41, 5.74) is 4.82. The third-order valence-corrected chi connectivity index (χ3v) is 7.11. The number of anilines is 1. The molecule has 3 aromatic carbocycles. The molecule has 1 fully saturated rings. The predicted molar refractivity (Wildman–Crippen MR) is 148 cm³/mol. The molecule has 0 spiro atoms. The van der Waals surface area contributed by atoms with Crippen molar-refractivity contribution in [2.45, 2.75) is 6.54 Å². The van der Waals surface area contributed by atoms with E-state index in [9.17, 15) is 18.0 Å². The number of ether oxygens (including phenoxy) is 2. The van der Waals surface area contributed by atoms with Gasteiger partial charge in [-0.3, -0.25) is 13.9 Å².